The van der Waals surface area contributed by atoms with Crippen molar-refractivity contribution in [3.8, 4) is 0 Å². The van der Waals surface area contributed by atoms with Crippen LogP contribution in [0.2, 0.25) is 0 Å². The number of hydrogen-bond acceptors (Lipinski definition) is 3. The lowest BCUT2D eigenvalue weighted by Crippen LogP contribution is -2.35. The van der Waals surface area contributed by atoms with Gasteiger partial charge in [0, 0.05) is 24.4 Å². The van der Waals surface area contributed by atoms with Crippen LogP contribution in [0, 0.1) is 18.8 Å². The van der Waals surface area contributed by atoms with Crippen LogP contribution in [0.5, 0.6) is 0 Å². The lowest BCUT2D eigenvalue weighted by atomic mass is 9.81. The van der Waals surface area contributed by atoms with E-state index in [1.165, 1.54) is 42.8 Å². The van der Waals surface area contributed by atoms with Crippen LogP contribution in [-0.2, 0) is 6.42 Å². The van der Waals surface area contributed by atoms with Gasteiger partial charge in [0.15, 0.2) is 0 Å². The van der Waals surface area contributed by atoms with Crippen LogP contribution >= 0.6 is 11.3 Å². The van der Waals surface area contributed by atoms with E-state index in [-0.39, 0.29) is 0 Å². The predicted molar refractivity (Wildman–Crippen MR) is 83.8 cm³/mol. The third-order valence-electron chi connectivity index (χ3n) is 4.07. The number of nitrogens with one attached hydrogen (secondary N) is 1. The molecule has 0 amide bonds. The van der Waals surface area contributed by atoms with Crippen LogP contribution in [0.15, 0.2) is 5.38 Å². The fraction of sp³-hybridized carbons (Fsp3) is 0.812. The Kier molecular flexibility index (Phi) is 5.83. The van der Waals surface area contributed by atoms with Crippen molar-refractivity contribution in [3.05, 3.63) is 16.1 Å². The smallest absolute Gasteiger partial charge is 0.0897 e. The van der Waals surface area contributed by atoms with Gasteiger partial charge in [-0.3, -0.25) is 0 Å². The van der Waals surface area contributed by atoms with E-state index in [0.29, 0.717) is 0 Å². The van der Waals surface area contributed by atoms with Gasteiger partial charge in [-0.05, 0) is 38.0 Å². The number of nitrogens with zero attached hydrogens (tertiary/aromatic N) is 1. The summed E-state index contributed by atoms with van der Waals surface area (Å²) in [5.41, 5.74) is 1.25. The van der Waals surface area contributed by atoms with Gasteiger partial charge in [-0.2, -0.15) is 0 Å². The summed E-state index contributed by atoms with van der Waals surface area (Å²) in [6.07, 6.45) is 8.09. The first-order valence-electron chi connectivity index (χ1n) is 7.78. The molecule has 1 aliphatic carbocycles. The Hall–Kier alpha value is -0.410. The van der Waals surface area contributed by atoms with E-state index in [4.69, 9.17) is 0 Å². The minimum atomic E-state index is 0.747. The number of thiazole rings is 1. The lowest BCUT2D eigenvalue weighted by molar-refractivity contribution is 0.253. The zero-order valence-electron chi connectivity index (χ0n) is 12.6. The normalized spacial score (nSPS) is 24.0. The van der Waals surface area contributed by atoms with Crippen LogP contribution in [0.4, 0.5) is 0 Å². The molecule has 2 unspecified atom stereocenters. The van der Waals surface area contributed by atoms with Gasteiger partial charge in [-0.15, -0.1) is 11.3 Å². The van der Waals surface area contributed by atoms with Gasteiger partial charge in [-0.25, -0.2) is 4.98 Å². The largest absolute Gasteiger partial charge is 0.314 e. The quantitative estimate of drug-likeness (QED) is 0.845. The van der Waals surface area contributed by atoms with E-state index in [0.717, 1.165) is 30.8 Å². The van der Waals surface area contributed by atoms with E-state index >= 15 is 0 Å². The molecule has 0 bridgehead atoms. The van der Waals surface area contributed by atoms with Crippen molar-refractivity contribution >= 4 is 11.3 Å². The predicted octanol–water partition coefficient (Wildman–Crippen LogP) is 4.19. The summed E-state index contributed by atoms with van der Waals surface area (Å²) < 4.78 is 0. The van der Waals surface area contributed by atoms with Crippen molar-refractivity contribution < 1.29 is 0 Å². The first-order chi connectivity index (χ1) is 9.13. The molecule has 0 saturated heterocycles. The van der Waals surface area contributed by atoms with Crippen molar-refractivity contribution in [1.29, 1.82) is 0 Å². The van der Waals surface area contributed by atoms with Gasteiger partial charge in [0.1, 0.15) is 0 Å². The molecule has 0 aliphatic heterocycles. The minimum absolute atomic E-state index is 0.747. The molecular formula is C16H28N2S. The summed E-state index contributed by atoms with van der Waals surface area (Å²) >= 11 is 1.76. The Labute approximate surface area is 122 Å². The van der Waals surface area contributed by atoms with Crippen molar-refractivity contribution in [2.45, 2.75) is 65.3 Å². The lowest BCUT2D eigenvalue weighted by Gasteiger charge is -2.30. The maximum Gasteiger partial charge on any atom is 0.0897 e. The monoisotopic (exact) mass is 280 g/mol. The van der Waals surface area contributed by atoms with Crippen LogP contribution in [0.3, 0.4) is 0 Å². The molecule has 0 radical (unpaired) electrons. The van der Waals surface area contributed by atoms with E-state index in [9.17, 15) is 0 Å². The van der Waals surface area contributed by atoms with Gasteiger partial charge in [0.2, 0.25) is 0 Å². The number of aromatic nitrogens is 1. The molecule has 3 heteroatoms. The molecular weight excluding hydrogens is 252 g/mol. The molecule has 108 valence electrons. The van der Waals surface area contributed by atoms with Gasteiger partial charge >= 0.3 is 0 Å². The summed E-state index contributed by atoms with van der Waals surface area (Å²) in [6, 6.07) is 0.747. The van der Waals surface area contributed by atoms with E-state index in [1.807, 2.05) is 0 Å². The Morgan fingerprint density at radius 2 is 2.26 bits per heavy atom. The van der Waals surface area contributed by atoms with Crippen LogP contribution < -0.4 is 5.32 Å². The molecule has 1 aromatic rings. The molecule has 19 heavy (non-hydrogen) atoms. The highest BCUT2D eigenvalue weighted by molar-refractivity contribution is 7.09. The standard InChI is InChI=1S/C16H28N2S/c1-12(2)9-14-5-4-6-15(10-14)17-8-7-16-11-19-13(3)18-16/h11-12,14-15,17H,4-10H2,1-3H3. The second-order valence-corrected chi connectivity index (χ2v) is 7.48. The minimum Gasteiger partial charge on any atom is -0.314 e. The van der Waals surface area contributed by atoms with E-state index in [2.05, 4.69) is 36.5 Å². The van der Waals surface area contributed by atoms with Crippen LogP contribution in [0.25, 0.3) is 0 Å². The maximum absolute atomic E-state index is 4.53. The van der Waals surface area contributed by atoms with Crippen molar-refractivity contribution in [2.24, 2.45) is 11.8 Å². The summed E-state index contributed by atoms with van der Waals surface area (Å²) in [4.78, 5) is 4.53. The van der Waals surface area contributed by atoms with Crippen molar-refractivity contribution in [2.75, 3.05) is 6.54 Å². The summed E-state index contributed by atoms with van der Waals surface area (Å²) in [5.74, 6) is 1.80. The fourth-order valence-corrected chi connectivity index (χ4v) is 3.93. The highest BCUT2D eigenvalue weighted by Crippen LogP contribution is 2.29. The molecule has 1 heterocycles. The van der Waals surface area contributed by atoms with Gasteiger partial charge in [0.25, 0.3) is 0 Å². The zero-order valence-corrected chi connectivity index (χ0v) is 13.4. The molecule has 1 aromatic heterocycles. The molecule has 1 saturated carbocycles. The van der Waals surface area contributed by atoms with Crippen LogP contribution in [-0.4, -0.2) is 17.6 Å². The number of aryl methyl sites for hydroxylation is 1. The SMILES string of the molecule is Cc1nc(CCNC2CCCC(CC(C)C)C2)cs1. The summed E-state index contributed by atoms with van der Waals surface area (Å²) in [7, 11) is 0. The number of hydrogen-bond donors (Lipinski definition) is 1. The number of rotatable bonds is 6. The highest BCUT2D eigenvalue weighted by atomic mass is 32.1. The molecule has 1 fully saturated rings. The average Bonchev–Trinajstić information content (AvgIpc) is 2.75. The highest BCUT2D eigenvalue weighted by Gasteiger charge is 2.21. The van der Waals surface area contributed by atoms with Gasteiger partial charge in [0.05, 0.1) is 10.7 Å². The second kappa shape index (κ2) is 7.39. The molecule has 0 aromatic carbocycles. The molecule has 1 aliphatic rings. The Balaban J connectivity index is 1.67. The maximum atomic E-state index is 4.53. The third-order valence-corrected chi connectivity index (χ3v) is 4.89. The first kappa shape index (κ1) is 15.0. The second-order valence-electron chi connectivity index (χ2n) is 6.42. The van der Waals surface area contributed by atoms with E-state index in [1.54, 1.807) is 11.3 Å². The fourth-order valence-electron chi connectivity index (χ4n) is 3.28. The van der Waals surface area contributed by atoms with Crippen molar-refractivity contribution in [3.63, 3.8) is 0 Å². The van der Waals surface area contributed by atoms with Crippen molar-refractivity contribution in [1.82, 2.24) is 10.3 Å². The Bertz CT molecular complexity index is 373. The Morgan fingerprint density at radius 3 is 2.95 bits per heavy atom. The molecule has 0 spiro atoms. The molecule has 2 nitrogen and oxygen atoms in total. The molecule has 1 N–H and O–H groups in total. The molecule has 2 atom stereocenters. The summed E-state index contributed by atoms with van der Waals surface area (Å²) in [5, 5.41) is 7.13. The topological polar surface area (TPSA) is 24.9 Å². The average molecular weight is 280 g/mol. The first-order valence-corrected chi connectivity index (χ1v) is 8.66. The summed E-state index contributed by atoms with van der Waals surface area (Å²) in [6.45, 7) is 7.87. The van der Waals surface area contributed by atoms with Gasteiger partial charge in [-0.1, -0.05) is 26.7 Å². The molecule has 2 rings (SSSR count). The van der Waals surface area contributed by atoms with E-state index < -0.39 is 0 Å². The van der Waals surface area contributed by atoms with Crippen LogP contribution in [0.1, 0.15) is 56.7 Å². The Morgan fingerprint density at radius 1 is 1.42 bits per heavy atom. The third kappa shape index (κ3) is 5.23. The van der Waals surface area contributed by atoms with Gasteiger partial charge < -0.3 is 5.32 Å². The zero-order chi connectivity index (χ0) is 13.7.